The maximum absolute atomic E-state index is 13.8. The quantitative estimate of drug-likeness (QED) is 0.223. The van der Waals surface area contributed by atoms with Gasteiger partial charge < -0.3 is 14.6 Å². The molecule has 42 heavy (non-hydrogen) atoms. The van der Waals surface area contributed by atoms with Crippen molar-refractivity contribution in [1.82, 2.24) is 29.5 Å². The molecule has 0 saturated carbocycles. The summed E-state index contributed by atoms with van der Waals surface area (Å²) in [5.41, 5.74) is 5.08. The predicted octanol–water partition coefficient (Wildman–Crippen LogP) is 6.31. The van der Waals surface area contributed by atoms with Gasteiger partial charge in [0, 0.05) is 54.5 Å². The van der Waals surface area contributed by atoms with Crippen LogP contribution >= 0.6 is 0 Å². The lowest BCUT2D eigenvalue weighted by atomic mass is 10.1. The van der Waals surface area contributed by atoms with E-state index in [0.29, 0.717) is 25.0 Å². The largest absolute Gasteiger partial charge is 0.475 e. The lowest BCUT2D eigenvalue weighted by molar-refractivity contribution is 0.248. The van der Waals surface area contributed by atoms with Crippen LogP contribution in [0.1, 0.15) is 24.0 Å². The van der Waals surface area contributed by atoms with Gasteiger partial charge in [0.1, 0.15) is 18.2 Å². The first-order chi connectivity index (χ1) is 20.7. The average molecular weight is 558 g/mol. The molecule has 0 spiro atoms. The molecule has 1 unspecified atom stereocenters. The molecule has 6 aromatic rings. The fourth-order valence-corrected chi connectivity index (χ4v) is 5.42. The van der Waals surface area contributed by atoms with Gasteiger partial charge in [-0.3, -0.25) is 4.98 Å². The van der Waals surface area contributed by atoms with Gasteiger partial charge in [0.25, 0.3) is 0 Å². The van der Waals surface area contributed by atoms with Gasteiger partial charge in [-0.1, -0.05) is 24.3 Å². The summed E-state index contributed by atoms with van der Waals surface area (Å²) < 4.78 is 22.3. The second-order valence-corrected chi connectivity index (χ2v) is 10.2. The molecule has 4 aromatic heterocycles. The first-order valence-corrected chi connectivity index (χ1v) is 14.0. The first kappa shape index (κ1) is 25.8. The minimum atomic E-state index is -0.289. The summed E-state index contributed by atoms with van der Waals surface area (Å²) in [6.07, 6.45) is 5.97. The zero-order valence-corrected chi connectivity index (χ0v) is 22.8. The SMILES string of the molecule is Fc1ccc(-c2nc3n(c2-c2ccnc(NCCc4ccccn4)n2)C(COc2ccc4ccccc4n2)CC3)cc1. The highest BCUT2D eigenvalue weighted by Gasteiger charge is 2.31. The van der Waals surface area contributed by atoms with Crippen molar-refractivity contribution in [3.8, 4) is 28.5 Å². The molecule has 1 atom stereocenters. The molecule has 9 heteroatoms. The first-order valence-electron chi connectivity index (χ1n) is 14.0. The van der Waals surface area contributed by atoms with E-state index in [2.05, 4.69) is 24.8 Å². The molecule has 0 radical (unpaired) electrons. The van der Waals surface area contributed by atoms with Crippen LogP contribution in [0.5, 0.6) is 5.88 Å². The highest BCUT2D eigenvalue weighted by molar-refractivity contribution is 5.79. The molecule has 0 amide bonds. The number of pyridine rings is 2. The minimum absolute atomic E-state index is 0.0282. The number of para-hydroxylation sites is 1. The molecule has 0 saturated heterocycles. The van der Waals surface area contributed by atoms with E-state index in [4.69, 9.17) is 14.7 Å². The van der Waals surface area contributed by atoms with Crippen molar-refractivity contribution < 1.29 is 9.13 Å². The van der Waals surface area contributed by atoms with Crippen molar-refractivity contribution in [2.75, 3.05) is 18.5 Å². The molecule has 7 rings (SSSR count). The van der Waals surface area contributed by atoms with E-state index in [0.717, 1.165) is 64.3 Å². The zero-order valence-electron chi connectivity index (χ0n) is 22.8. The number of imidazole rings is 1. The van der Waals surface area contributed by atoms with Crippen molar-refractivity contribution in [2.45, 2.75) is 25.3 Å². The van der Waals surface area contributed by atoms with Gasteiger partial charge in [-0.05, 0) is 61.0 Å². The maximum Gasteiger partial charge on any atom is 0.223 e. The monoisotopic (exact) mass is 557 g/mol. The van der Waals surface area contributed by atoms with E-state index in [-0.39, 0.29) is 11.9 Å². The maximum atomic E-state index is 13.8. The summed E-state index contributed by atoms with van der Waals surface area (Å²) in [5.74, 6) is 1.77. The Hall–Kier alpha value is -5.18. The van der Waals surface area contributed by atoms with E-state index in [1.54, 1.807) is 24.5 Å². The van der Waals surface area contributed by atoms with E-state index in [1.165, 1.54) is 12.1 Å². The Morgan fingerprint density at radius 2 is 1.74 bits per heavy atom. The summed E-state index contributed by atoms with van der Waals surface area (Å²) in [6, 6.07) is 26.2. The Balaban J connectivity index is 1.19. The number of nitrogens with one attached hydrogen (secondary N) is 1. The lowest BCUT2D eigenvalue weighted by Crippen LogP contribution is -2.16. The number of rotatable bonds is 9. The summed E-state index contributed by atoms with van der Waals surface area (Å²) in [5, 5.41) is 4.40. The molecule has 208 valence electrons. The Morgan fingerprint density at radius 1 is 0.857 bits per heavy atom. The smallest absolute Gasteiger partial charge is 0.223 e. The zero-order chi connectivity index (χ0) is 28.3. The highest BCUT2D eigenvalue weighted by atomic mass is 19.1. The van der Waals surface area contributed by atoms with Crippen LogP contribution in [0.4, 0.5) is 10.3 Å². The molecule has 0 bridgehead atoms. The van der Waals surface area contributed by atoms with Crippen molar-refractivity contribution in [2.24, 2.45) is 0 Å². The Kier molecular flexibility index (Phi) is 6.97. The van der Waals surface area contributed by atoms with Crippen molar-refractivity contribution >= 4 is 16.9 Å². The molecule has 1 N–H and O–H groups in total. The van der Waals surface area contributed by atoms with Gasteiger partial charge in [0.15, 0.2) is 0 Å². The predicted molar refractivity (Wildman–Crippen MR) is 160 cm³/mol. The van der Waals surface area contributed by atoms with Gasteiger partial charge in [-0.2, -0.15) is 0 Å². The van der Waals surface area contributed by atoms with Crippen molar-refractivity contribution in [1.29, 1.82) is 0 Å². The molecule has 8 nitrogen and oxygen atoms in total. The van der Waals surface area contributed by atoms with E-state index in [9.17, 15) is 4.39 Å². The normalized spacial score (nSPS) is 14.2. The van der Waals surface area contributed by atoms with Gasteiger partial charge in [0.05, 0.1) is 28.6 Å². The van der Waals surface area contributed by atoms with Gasteiger partial charge in [-0.25, -0.2) is 24.3 Å². The highest BCUT2D eigenvalue weighted by Crippen LogP contribution is 2.39. The van der Waals surface area contributed by atoms with E-state index < -0.39 is 0 Å². The van der Waals surface area contributed by atoms with Crippen molar-refractivity contribution in [3.63, 3.8) is 0 Å². The molecule has 1 aliphatic rings. The van der Waals surface area contributed by atoms with Crippen LogP contribution < -0.4 is 10.1 Å². The number of hydrogen-bond acceptors (Lipinski definition) is 7. The van der Waals surface area contributed by atoms with Crippen LogP contribution in [0.3, 0.4) is 0 Å². The summed E-state index contributed by atoms with van der Waals surface area (Å²) in [4.78, 5) is 23.4. The third-order valence-corrected chi connectivity index (χ3v) is 7.45. The fourth-order valence-electron chi connectivity index (χ4n) is 5.42. The van der Waals surface area contributed by atoms with Gasteiger partial charge >= 0.3 is 0 Å². The molecule has 0 aliphatic carbocycles. The summed E-state index contributed by atoms with van der Waals surface area (Å²) >= 11 is 0. The number of benzene rings is 2. The van der Waals surface area contributed by atoms with Crippen LogP contribution in [0.25, 0.3) is 33.5 Å². The molecule has 0 fully saturated rings. The summed E-state index contributed by atoms with van der Waals surface area (Å²) in [7, 11) is 0. The number of hydrogen-bond donors (Lipinski definition) is 1. The molecule has 5 heterocycles. The Morgan fingerprint density at radius 3 is 2.62 bits per heavy atom. The average Bonchev–Trinajstić information content (AvgIpc) is 3.61. The van der Waals surface area contributed by atoms with E-state index in [1.807, 2.05) is 60.7 Å². The Labute approximate surface area is 242 Å². The molecular weight excluding hydrogens is 529 g/mol. The van der Waals surface area contributed by atoms with Crippen LogP contribution in [0.15, 0.2) is 97.3 Å². The van der Waals surface area contributed by atoms with Gasteiger partial charge in [0.2, 0.25) is 11.8 Å². The third kappa shape index (κ3) is 5.28. The minimum Gasteiger partial charge on any atom is -0.475 e. The third-order valence-electron chi connectivity index (χ3n) is 7.45. The molecule has 2 aromatic carbocycles. The van der Waals surface area contributed by atoms with Crippen molar-refractivity contribution in [3.05, 3.63) is 115 Å². The van der Waals surface area contributed by atoms with Crippen LogP contribution in [-0.2, 0) is 12.8 Å². The number of ether oxygens (including phenoxy) is 1. The lowest BCUT2D eigenvalue weighted by Gasteiger charge is -2.18. The van der Waals surface area contributed by atoms with E-state index >= 15 is 0 Å². The Bertz CT molecular complexity index is 1840. The number of fused-ring (bicyclic) bond motifs is 2. The number of aromatic nitrogens is 6. The van der Waals surface area contributed by atoms with Crippen LogP contribution in [-0.4, -0.2) is 42.6 Å². The van der Waals surface area contributed by atoms with Gasteiger partial charge in [-0.15, -0.1) is 0 Å². The summed E-state index contributed by atoms with van der Waals surface area (Å²) in [6.45, 7) is 1.08. The molecule has 1 aliphatic heterocycles. The molecular formula is C33H28FN7O. The topological polar surface area (TPSA) is 90.6 Å². The fraction of sp³-hybridized carbons (Fsp3) is 0.182. The number of anilines is 1. The number of halogens is 1. The van der Waals surface area contributed by atoms with Crippen LogP contribution in [0, 0.1) is 5.82 Å². The standard InChI is InChI=1S/C33H28FN7O/c34-24-11-8-23(9-12-24)31-32(28-17-20-37-33(39-28)36-19-16-25-6-3-4-18-35-25)41-26(13-14-29(41)40-31)21-42-30-15-10-22-5-1-2-7-27(22)38-30/h1-12,15,17-18,20,26H,13-14,16,19,21H2,(H,36,37,39). The number of nitrogens with zero attached hydrogens (tertiary/aromatic N) is 6. The second-order valence-electron chi connectivity index (χ2n) is 10.2. The number of aryl methyl sites for hydroxylation is 1. The van der Waals surface area contributed by atoms with Crippen LogP contribution in [0.2, 0.25) is 0 Å². The second kappa shape index (κ2) is 11.4.